The van der Waals surface area contributed by atoms with Crippen molar-refractivity contribution >= 4 is 39.1 Å². The molecule has 1 fully saturated rings. The minimum Gasteiger partial charge on any atom is -0.301 e. The van der Waals surface area contributed by atoms with Gasteiger partial charge in [-0.15, -0.1) is 11.3 Å². The average Bonchev–Trinajstić information content (AvgIpc) is 3.46. The van der Waals surface area contributed by atoms with E-state index in [0.717, 1.165) is 42.6 Å². The number of nitrogens with zero attached hydrogens (tertiary/aromatic N) is 3. The van der Waals surface area contributed by atoms with Gasteiger partial charge in [0.2, 0.25) is 0 Å². The monoisotopic (exact) mass is 411 g/mol. The summed E-state index contributed by atoms with van der Waals surface area (Å²) in [7, 11) is 2.11. The third-order valence-electron chi connectivity index (χ3n) is 5.41. The number of hydrogen-bond acceptors (Lipinski definition) is 6. The van der Waals surface area contributed by atoms with Gasteiger partial charge >= 0.3 is 0 Å². The Kier molecular flexibility index (Phi) is 4.61. The van der Waals surface area contributed by atoms with Crippen molar-refractivity contribution in [3.05, 3.63) is 56.7 Å². The number of hydrogen-bond donors (Lipinski definition) is 0. The van der Waals surface area contributed by atoms with Crippen LogP contribution in [0.25, 0.3) is 10.2 Å². The van der Waals surface area contributed by atoms with Crippen LogP contribution in [0.3, 0.4) is 0 Å². The molecular weight excluding hydrogens is 390 g/mol. The Morgan fingerprint density at radius 2 is 2.07 bits per heavy atom. The molecule has 0 spiro atoms. The number of rotatable bonds is 5. The predicted molar refractivity (Wildman–Crippen MR) is 114 cm³/mol. The van der Waals surface area contributed by atoms with Crippen LogP contribution in [0.15, 0.2) is 40.3 Å². The molecule has 0 atom stereocenters. The zero-order valence-corrected chi connectivity index (χ0v) is 17.3. The zero-order chi connectivity index (χ0) is 19.3. The summed E-state index contributed by atoms with van der Waals surface area (Å²) in [5.74, 6) is 0.358. The second kappa shape index (κ2) is 7.13. The fraction of sp³-hybridized carbons (Fsp3) is 0.381. The summed E-state index contributed by atoms with van der Waals surface area (Å²) in [6.45, 7) is 1.86. The maximum Gasteiger partial charge on any atom is 0.263 e. The van der Waals surface area contributed by atoms with E-state index in [1.807, 2.05) is 34.9 Å². The molecule has 0 bridgehead atoms. The van der Waals surface area contributed by atoms with Crippen LogP contribution in [0.4, 0.5) is 0 Å². The smallest absolute Gasteiger partial charge is 0.263 e. The highest BCUT2D eigenvalue weighted by atomic mass is 32.2. The maximum atomic E-state index is 13.4. The van der Waals surface area contributed by atoms with Gasteiger partial charge in [-0.25, -0.2) is 4.98 Å². The van der Waals surface area contributed by atoms with Crippen molar-refractivity contribution in [2.75, 3.05) is 19.3 Å². The standard InChI is InChI=1S/C21H21N3O2S2/c1-23-10-9-15-17(11-23)28-19-18(15)20(26)24(14-7-8-14)21(22-19)27-12-16(25)13-5-3-2-4-6-13/h2-6,14H,7-12H2,1H3. The van der Waals surface area contributed by atoms with Crippen molar-refractivity contribution in [1.29, 1.82) is 0 Å². The van der Waals surface area contributed by atoms with Gasteiger partial charge in [-0.2, -0.15) is 0 Å². The van der Waals surface area contributed by atoms with E-state index < -0.39 is 0 Å². The SMILES string of the molecule is CN1CCc2c(sc3nc(SCC(=O)c4ccccc4)n(C4CC4)c(=O)c23)C1. The van der Waals surface area contributed by atoms with Gasteiger partial charge in [0.1, 0.15) is 4.83 Å². The van der Waals surface area contributed by atoms with E-state index in [0.29, 0.717) is 16.5 Å². The van der Waals surface area contributed by atoms with E-state index in [1.54, 1.807) is 11.3 Å². The Bertz CT molecular complexity index is 1120. The van der Waals surface area contributed by atoms with Gasteiger partial charge in [0.05, 0.1) is 11.1 Å². The molecule has 1 saturated carbocycles. The van der Waals surface area contributed by atoms with Crippen LogP contribution in [-0.4, -0.2) is 39.6 Å². The Morgan fingerprint density at radius 1 is 1.29 bits per heavy atom. The van der Waals surface area contributed by atoms with Crippen LogP contribution < -0.4 is 5.56 Å². The van der Waals surface area contributed by atoms with Gasteiger partial charge in [-0.05, 0) is 31.9 Å². The Hall–Kier alpha value is -1.96. The first kappa shape index (κ1) is 18.1. The molecule has 28 heavy (non-hydrogen) atoms. The van der Waals surface area contributed by atoms with Crippen LogP contribution in [0.2, 0.25) is 0 Å². The number of carbonyl (C=O) groups excluding carboxylic acids is 1. The molecule has 144 valence electrons. The molecule has 0 saturated heterocycles. The zero-order valence-electron chi connectivity index (χ0n) is 15.7. The molecule has 1 aromatic carbocycles. The molecule has 0 N–H and O–H groups in total. The Morgan fingerprint density at radius 3 is 2.82 bits per heavy atom. The highest BCUT2D eigenvalue weighted by Gasteiger charge is 2.31. The number of benzene rings is 1. The molecule has 7 heteroatoms. The van der Waals surface area contributed by atoms with Gasteiger partial charge < -0.3 is 4.90 Å². The lowest BCUT2D eigenvalue weighted by atomic mass is 10.1. The van der Waals surface area contributed by atoms with E-state index in [-0.39, 0.29) is 17.4 Å². The van der Waals surface area contributed by atoms with Crippen molar-refractivity contribution in [2.45, 2.75) is 37.0 Å². The molecular formula is C21H21N3O2S2. The number of likely N-dealkylation sites (N-methyl/N-ethyl adjacent to an activating group) is 1. The molecule has 2 aliphatic rings. The third-order valence-corrected chi connectivity index (χ3v) is 7.47. The van der Waals surface area contributed by atoms with Crippen molar-refractivity contribution in [1.82, 2.24) is 14.5 Å². The van der Waals surface area contributed by atoms with Crippen molar-refractivity contribution in [3.8, 4) is 0 Å². The first-order chi connectivity index (χ1) is 13.6. The van der Waals surface area contributed by atoms with Crippen LogP contribution in [-0.2, 0) is 13.0 Å². The molecule has 0 radical (unpaired) electrons. The first-order valence-electron chi connectivity index (χ1n) is 9.58. The van der Waals surface area contributed by atoms with Crippen LogP contribution in [0.5, 0.6) is 0 Å². The molecule has 0 unspecified atom stereocenters. The fourth-order valence-electron chi connectivity index (χ4n) is 3.76. The number of Topliss-reactive ketones (excluding diaryl/α,β-unsaturated/α-hetero) is 1. The van der Waals surface area contributed by atoms with E-state index in [2.05, 4.69) is 11.9 Å². The van der Waals surface area contributed by atoms with Gasteiger partial charge in [0.15, 0.2) is 10.9 Å². The average molecular weight is 412 g/mol. The number of ketones is 1. The summed E-state index contributed by atoms with van der Waals surface area (Å²) < 4.78 is 1.86. The summed E-state index contributed by atoms with van der Waals surface area (Å²) in [5, 5.41) is 1.51. The molecule has 3 heterocycles. The predicted octanol–water partition coefficient (Wildman–Crippen LogP) is 3.76. The fourth-order valence-corrected chi connectivity index (χ4v) is 6.06. The van der Waals surface area contributed by atoms with Gasteiger partial charge in [-0.3, -0.25) is 14.2 Å². The number of aromatic nitrogens is 2. The summed E-state index contributed by atoms with van der Waals surface area (Å²) in [4.78, 5) is 35.1. The van der Waals surface area contributed by atoms with Gasteiger partial charge in [0.25, 0.3) is 5.56 Å². The molecule has 1 aliphatic carbocycles. The quantitative estimate of drug-likeness (QED) is 0.364. The summed E-state index contributed by atoms with van der Waals surface area (Å²) >= 11 is 3.03. The number of thiophene rings is 1. The van der Waals surface area contributed by atoms with Crippen molar-refractivity contribution < 1.29 is 4.79 Å². The van der Waals surface area contributed by atoms with E-state index >= 15 is 0 Å². The highest BCUT2D eigenvalue weighted by molar-refractivity contribution is 7.99. The van der Waals surface area contributed by atoms with Gasteiger partial charge in [0, 0.05) is 29.6 Å². The number of carbonyl (C=O) groups is 1. The van der Waals surface area contributed by atoms with E-state index in [9.17, 15) is 9.59 Å². The van der Waals surface area contributed by atoms with Crippen molar-refractivity contribution in [2.24, 2.45) is 0 Å². The third kappa shape index (κ3) is 3.21. The van der Waals surface area contributed by atoms with Crippen LogP contribution in [0.1, 0.15) is 39.7 Å². The minimum absolute atomic E-state index is 0.0643. The van der Waals surface area contributed by atoms with Crippen LogP contribution in [0, 0.1) is 0 Å². The molecule has 5 rings (SSSR count). The lowest BCUT2D eigenvalue weighted by Gasteiger charge is -2.21. The summed E-state index contributed by atoms with van der Waals surface area (Å²) in [6, 6.07) is 9.54. The summed E-state index contributed by atoms with van der Waals surface area (Å²) in [6.07, 6.45) is 2.94. The molecule has 3 aromatic rings. The first-order valence-corrected chi connectivity index (χ1v) is 11.4. The molecule has 1 aliphatic heterocycles. The Balaban J connectivity index is 1.52. The number of fused-ring (bicyclic) bond motifs is 3. The second-order valence-electron chi connectivity index (χ2n) is 7.55. The molecule has 2 aromatic heterocycles. The lowest BCUT2D eigenvalue weighted by Crippen LogP contribution is -2.27. The Labute approximate surface area is 171 Å². The largest absolute Gasteiger partial charge is 0.301 e. The van der Waals surface area contributed by atoms with Crippen LogP contribution >= 0.6 is 23.1 Å². The summed E-state index contributed by atoms with van der Waals surface area (Å²) in [5.41, 5.74) is 1.98. The topological polar surface area (TPSA) is 55.2 Å². The minimum atomic E-state index is 0.0643. The van der Waals surface area contributed by atoms with Crippen molar-refractivity contribution in [3.63, 3.8) is 0 Å². The number of thioether (sulfide) groups is 1. The highest BCUT2D eigenvalue weighted by Crippen LogP contribution is 2.39. The lowest BCUT2D eigenvalue weighted by molar-refractivity contribution is 0.102. The maximum absolute atomic E-state index is 13.4. The second-order valence-corrected chi connectivity index (χ2v) is 9.58. The van der Waals surface area contributed by atoms with E-state index in [4.69, 9.17) is 4.98 Å². The normalized spacial score (nSPS) is 17.0. The molecule has 0 amide bonds. The van der Waals surface area contributed by atoms with Gasteiger partial charge in [-0.1, -0.05) is 42.1 Å². The molecule has 5 nitrogen and oxygen atoms in total. The van der Waals surface area contributed by atoms with E-state index in [1.165, 1.54) is 22.2 Å².